The molecule has 1 aromatic carbocycles. The zero-order chi connectivity index (χ0) is 14.7. The molecule has 0 aliphatic carbocycles. The van der Waals surface area contributed by atoms with Gasteiger partial charge in [-0.1, -0.05) is 12.1 Å². The minimum atomic E-state index is 0.0730. The Balaban J connectivity index is 1.46. The Hall–Kier alpha value is -1.75. The number of hydrogen-bond donors (Lipinski definition) is 0. The van der Waals surface area contributed by atoms with E-state index in [1.165, 1.54) is 12.8 Å². The number of rotatable bonds is 5. The molecule has 0 N–H and O–H groups in total. The van der Waals surface area contributed by atoms with E-state index < -0.39 is 0 Å². The third kappa shape index (κ3) is 3.29. The average Bonchev–Trinajstić information content (AvgIpc) is 2.95. The molecule has 3 rings (SSSR count). The van der Waals surface area contributed by atoms with Gasteiger partial charge in [0, 0.05) is 0 Å². The van der Waals surface area contributed by atoms with Crippen LogP contribution in [-0.2, 0) is 4.79 Å². The van der Waals surface area contributed by atoms with Crippen LogP contribution < -0.4 is 9.47 Å². The smallest absolute Gasteiger partial charge is 0.237 e. The second-order valence-electron chi connectivity index (χ2n) is 5.67. The van der Waals surface area contributed by atoms with Gasteiger partial charge in [0.1, 0.15) is 6.10 Å². The van der Waals surface area contributed by atoms with Crippen LogP contribution in [0.15, 0.2) is 24.3 Å². The van der Waals surface area contributed by atoms with Gasteiger partial charge < -0.3 is 14.4 Å². The van der Waals surface area contributed by atoms with Gasteiger partial charge in [0.15, 0.2) is 11.5 Å². The lowest BCUT2D eigenvalue weighted by atomic mass is 10.1. The molecule has 0 unspecified atom stereocenters. The van der Waals surface area contributed by atoms with Gasteiger partial charge in [-0.05, 0) is 38.1 Å². The standard InChI is InChI=1S/C16H22N2O3/c1-20-14-6-2-3-7-15(14)21-13-10-18(11-13)16(19)12-17-8-4-5-9-17/h2-3,6-7,13H,4-5,8-12H2,1H3. The van der Waals surface area contributed by atoms with E-state index in [2.05, 4.69) is 4.90 Å². The van der Waals surface area contributed by atoms with E-state index in [1.807, 2.05) is 29.2 Å². The summed E-state index contributed by atoms with van der Waals surface area (Å²) < 4.78 is 11.2. The van der Waals surface area contributed by atoms with Crippen molar-refractivity contribution in [3.8, 4) is 11.5 Å². The maximum atomic E-state index is 12.1. The molecule has 2 fully saturated rings. The number of carbonyl (C=O) groups excluding carboxylic acids is 1. The summed E-state index contributed by atoms with van der Waals surface area (Å²) in [7, 11) is 1.63. The number of amides is 1. The summed E-state index contributed by atoms with van der Waals surface area (Å²) in [6, 6.07) is 7.61. The highest BCUT2D eigenvalue weighted by atomic mass is 16.5. The first-order valence-corrected chi connectivity index (χ1v) is 7.56. The topological polar surface area (TPSA) is 42.0 Å². The van der Waals surface area contributed by atoms with Gasteiger partial charge in [0.2, 0.25) is 5.91 Å². The van der Waals surface area contributed by atoms with Gasteiger partial charge in [-0.15, -0.1) is 0 Å². The molecule has 5 heteroatoms. The summed E-state index contributed by atoms with van der Waals surface area (Å²) in [6.07, 6.45) is 2.50. The molecule has 0 atom stereocenters. The number of nitrogens with zero attached hydrogens (tertiary/aromatic N) is 2. The Labute approximate surface area is 125 Å². The van der Waals surface area contributed by atoms with Crippen LogP contribution in [0.4, 0.5) is 0 Å². The molecule has 0 saturated carbocycles. The summed E-state index contributed by atoms with van der Waals surface area (Å²) in [6.45, 7) is 4.01. The van der Waals surface area contributed by atoms with Crippen LogP contribution >= 0.6 is 0 Å². The molecule has 1 amide bonds. The van der Waals surface area contributed by atoms with Crippen LogP contribution in [0.2, 0.25) is 0 Å². The molecule has 114 valence electrons. The zero-order valence-corrected chi connectivity index (χ0v) is 12.5. The molecule has 2 aliphatic rings. The van der Waals surface area contributed by atoms with E-state index in [0.717, 1.165) is 24.6 Å². The monoisotopic (exact) mass is 290 g/mol. The third-order valence-electron chi connectivity index (χ3n) is 4.12. The van der Waals surface area contributed by atoms with Gasteiger partial charge in [0.25, 0.3) is 0 Å². The molecule has 2 saturated heterocycles. The molecule has 0 bridgehead atoms. The molecule has 2 heterocycles. The number of likely N-dealkylation sites (tertiary alicyclic amines) is 2. The highest BCUT2D eigenvalue weighted by Crippen LogP contribution is 2.28. The first-order chi connectivity index (χ1) is 10.3. The Bertz CT molecular complexity index is 494. The van der Waals surface area contributed by atoms with E-state index in [1.54, 1.807) is 7.11 Å². The van der Waals surface area contributed by atoms with E-state index in [9.17, 15) is 4.79 Å². The van der Waals surface area contributed by atoms with Crippen LogP contribution in [0, 0.1) is 0 Å². The number of ether oxygens (including phenoxy) is 2. The van der Waals surface area contributed by atoms with Crippen molar-refractivity contribution >= 4 is 5.91 Å². The normalized spacial score (nSPS) is 19.4. The summed E-state index contributed by atoms with van der Waals surface area (Å²) in [5.41, 5.74) is 0. The molecule has 5 nitrogen and oxygen atoms in total. The van der Waals surface area contributed by atoms with Gasteiger partial charge in [-0.2, -0.15) is 0 Å². The molecular weight excluding hydrogens is 268 g/mol. The highest BCUT2D eigenvalue weighted by Gasteiger charge is 2.33. The largest absolute Gasteiger partial charge is 0.493 e. The Kier molecular flexibility index (Phi) is 4.29. The van der Waals surface area contributed by atoms with Gasteiger partial charge in [-0.3, -0.25) is 9.69 Å². The van der Waals surface area contributed by atoms with Gasteiger partial charge in [0.05, 0.1) is 26.7 Å². The fourth-order valence-electron chi connectivity index (χ4n) is 2.84. The summed E-state index contributed by atoms with van der Waals surface area (Å²) in [4.78, 5) is 16.2. The van der Waals surface area contributed by atoms with Crippen LogP contribution in [0.25, 0.3) is 0 Å². The summed E-state index contributed by atoms with van der Waals surface area (Å²) in [5, 5.41) is 0. The molecular formula is C16H22N2O3. The average molecular weight is 290 g/mol. The zero-order valence-electron chi connectivity index (χ0n) is 12.5. The van der Waals surface area contributed by atoms with Crippen LogP contribution in [0.1, 0.15) is 12.8 Å². The Morgan fingerprint density at radius 1 is 1.19 bits per heavy atom. The lowest BCUT2D eigenvalue weighted by Gasteiger charge is -2.39. The Morgan fingerprint density at radius 3 is 2.52 bits per heavy atom. The van der Waals surface area contributed by atoms with Gasteiger partial charge >= 0.3 is 0 Å². The van der Waals surface area contributed by atoms with Crippen LogP contribution in [0.5, 0.6) is 11.5 Å². The second kappa shape index (κ2) is 6.35. The number of carbonyl (C=O) groups is 1. The first kappa shape index (κ1) is 14.2. The fourth-order valence-corrected chi connectivity index (χ4v) is 2.84. The molecule has 1 aromatic rings. The highest BCUT2D eigenvalue weighted by molar-refractivity contribution is 5.79. The van der Waals surface area contributed by atoms with Crippen LogP contribution in [-0.4, -0.2) is 61.6 Å². The van der Waals surface area contributed by atoms with Gasteiger partial charge in [-0.25, -0.2) is 0 Å². The van der Waals surface area contributed by atoms with Crippen molar-refractivity contribution in [2.24, 2.45) is 0 Å². The number of methoxy groups -OCH3 is 1. The first-order valence-electron chi connectivity index (χ1n) is 7.56. The van der Waals surface area contributed by atoms with Crippen molar-refractivity contribution in [1.29, 1.82) is 0 Å². The van der Waals surface area contributed by atoms with Crippen molar-refractivity contribution in [2.45, 2.75) is 18.9 Å². The van der Waals surface area contributed by atoms with Crippen molar-refractivity contribution < 1.29 is 14.3 Å². The van der Waals surface area contributed by atoms with Crippen molar-refractivity contribution in [2.75, 3.05) is 39.8 Å². The predicted octanol–water partition coefficient (Wildman–Crippen LogP) is 1.38. The molecule has 2 aliphatic heterocycles. The minimum Gasteiger partial charge on any atom is -0.493 e. The predicted molar refractivity (Wildman–Crippen MR) is 79.7 cm³/mol. The van der Waals surface area contributed by atoms with E-state index in [4.69, 9.17) is 9.47 Å². The molecule has 0 radical (unpaired) electrons. The number of para-hydroxylation sites is 2. The maximum absolute atomic E-state index is 12.1. The second-order valence-corrected chi connectivity index (χ2v) is 5.67. The lowest BCUT2D eigenvalue weighted by Crippen LogP contribution is -2.58. The number of hydrogen-bond acceptors (Lipinski definition) is 4. The Morgan fingerprint density at radius 2 is 1.86 bits per heavy atom. The SMILES string of the molecule is COc1ccccc1OC1CN(C(=O)CN2CCCC2)C1. The number of benzene rings is 1. The maximum Gasteiger partial charge on any atom is 0.237 e. The summed E-state index contributed by atoms with van der Waals surface area (Å²) >= 11 is 0. The molecule has 21 heavy (non-hydrogen) atoms. The van der Waals surface area contributed by atoms with Crippen molar-refractivity contribution in [3.63, 3.8) is 0 Å². The van der Waals surface area contributed by atoms with Crippen LogP contribution in [0.3, 0.4) is 0 Å². The lowest BCUT2D eigenvalue weighted by molar-refractivity contribution is -0.141. The van der Waals surface area contributed by atoms with E-state index >= 15 is 0 Å². The van der Waals surface area contributed by atoms with Crippen molar-refractivity contribution in [3.05, 3.63) is 24.3 Å². The third-order valence-corrected chi connectivity index (χ3v) is 4.12. The molecule has 0 aromatic heterocycles. The van der Waals surface area contributed by atoms with E-state index in [-0.39, 0.29) is 12.0 Å². The summed E-state index contributed by atoms with van der Waals surface area (Å²) in [5.74, 6) is 1.70. The fraction of sp³-hybridized carbons (Fsp3) is 0.562. The molecule has 0 spiro atoms. The van der Waals surface area contributed by atoms with Crippen molar-refractivity contribution in [1.82, 2.24) is 9.80 Å². The minimum absolute atomic E-state index is 0.0730. The quantitative estimate of drug-likeness (QED) is 0.821. The van der Waals surface area contributed by atoms with E-state index in [0.29, 0.717) is 19.6 Å².